The number of sulfonamides is 1. The Morgan fingerprint density at radius 3 is 2.64 bits per heavy atom. The van der Waals surface area contributed by atoms with E-state index in [9.17, 15) is 26.7 Å². The van der Waals surface area contributed by atoms with Crippen molar-refractivity contribution in [3.05, 3.63) is 41.3 Å². The second kappa shape index (κ2) is 12.1. The van der Waals surface area contributed by atoms with Crippen LogP contribution in [0, 0.1) is 5.82 Å². The molecule has 212 valence electrons. The Morgan fingerprint density at radius 1 is 1.21 bits per heavy atom. The van der Waals surface area contributed by atoms with Gasteiger partial charge in [0.2, 0.25) is 16.0 Å². The first-order valence-electron chi connectivity index (χ1n) is 12.2. The molecule has 3 N–H and O–H groups in total. The van der Waals surface area contributed by atoms with Crippen LogP contribution in [0.3, 0.4) is 0 Å². The summed E-state index contributed by atoms with van der Waals surface area (Å²) in [5.41, 5.74) is 0.308. The molecule has 1 atom stereocenters. The van der Waals surface area contributed by atoms with Crippen LogP contribution in [0.15, 0.2) is 30.5 Å². The summed E-state index contributed by atoms with van der Waals surface area (Å²) in [5.74, 6) is -1.11. The molecule has 1 fully saturated rings. The number of aliphatic hydroxyl groups excluding tert-OH is 1. The highest BCUT2D eigenvalue weighted by atomic mass is 32.2. The summed E-state index contributed by atoms with van der Waals surface area (Å²) in [6.45, 7) is 1.92. The van der Waals surface area contributed by atoms with Gasteiger partial charge in [0, 0.05) is 30.9 Å². The van der Waals surface area contributed by atoms with E-state index < -0.39 is 34.7 Å². The Labute approximate surface area is 226 Å². The van der Waals surface area contributed by atoms with E-state index in [1.165, 1.54) is 41.8 Å². The van der Waals surface area contributed by atoms with Crippen molar-refractivity contribution in [3.63, 3.8) is 0 Å². The number of hydrogen-bond donors (Lipinski definition) is 3. The average molecular weight is 590 g/mol. The van der Waals surface area contributed by atoms with E-state index in [1.807, 2.05) is 0 Å². The molecule has 3 heterocycles. The van der Waals surface area contributed by atoms with E-state index in [0.29, 0.717) is 42.4 Å². The number of halogens is 4. The second-order valence-electron chi connectivity index (χ2n) is 8.91. The van der Waals surface area contributed by atoms with Crippen LogP contribution in [0.1, 0.15) is 37.1 Å². The normalized spacial score (nSPS) is 15.7. The van der Waals surface area contributed by atoms with E-state index in [2.05, 4.69) is 20.0 Å². The molecule has 0 saturated carbocycles. The third-order valence-corrected chi connectivity index (χ3v) is 8.64. The summed E-state index contributed by atoms with van der Waals surface area (Å²) in [6.07, 6.45) is -4.33. The Balaban J connectivity index is 1.74. The summed E-state index contributed by atoms with van der Waals surface area (Å²) in [4.78, 5) is 13.4. The predicted octanol–water partition coefficient (Wildman–Crippen LogP) is 4.79. The standard InChI is InChI=1S/C24H27F4N5O4S2/c1-2-12-39(35,36)33-16-5-3-4-15(19(16)25)20-21(38-22(32-20)14-7-10-37-11-8-14)17-6-9-29-23(31-17)30-13-18(34)24(26,27)28/h3-6,9,14,18,33-34H,2,7-8,10-13H2,1H3,(H,29,30,31). The Bertz CT molecular complexity index is 1400. The van der Waals surface area contributed by atoms with Crippen molar-refractivity contribution in [2.24, 2.45) is 0 Å². The number of thiazole rings is 1. The van der Waals surface area contributed by atoms with Gasteiger partial charge in [0.05, 0.1) is 39.3 Å². The summed E-state index contributed by atoms with van der Waals surface area (Å²) in [5, 5.41) is 12.4. The minimum absolute atomic E-state index is 0.0388. The van der Waals surface area contributed by atoms with Gasteiger partial charge in [0.25, 0.3) is 0 Å². The number of aromatic nitrogens is 3. The van der Waals surface area contributed by atoms with E-state index >= 15 is 4.39 Å². The average Bonchev–Trinajstić information content (AvgIpc) is 3.34. The Morgan fingerprint density at radius 2 is 1.95 bits per heavy atom. The molecule has 2 aromatic heterocycles. The molecule has 0 bridgehead atoms. The zero-order valence-electron chi connectivity index (χ0n) is 20.8. The summed E-state index contributed by atoms with van der Waals surface area (Å²) in [7, 11) is -3.76. The number of hydrogen-bond acceptors (Lipinski definition) is 9. The fourth-order valence-electron chi connectivity index (χ4n) is 3.97. The number of anilines is 2. The number of rotatable bonds is 10. The van der Waals surface area contributed by atoms with Crippen LogP contribution in [0.5, 0.6) is 0 Å². The lowest BCUT2D eigenvalue weighted by Gasteiger charge is -2.19. The minimum atomic E-state index is -4.81. The monoisotopic (exact) mass is 589 g/mol. The minimum Gasteiger partial charge on any atom is -0.382 e. The number of aliphatic hydroxyl groups is 1. The van der Waals surface area contributed by atoms with Crippen molar-refractivity contribution in [1.29, 1.82) is 0 Å². The van der Waals surface area contributed by atoms with Gasteiger partial charge in [-0.15, -0.1) is 11.3 Å². The van der Waals surface area contributed by atoms with Crippen molar-refractivity contribution in [1.82, 2.24) is 15.0 Å². The first-order chi connectivity index (χ1) is 18.5. The molecule has 0 amide bonds. The Kier molecular flexibility index (Phi) is 9.03. The maximum atomic E-state index is 15.7. The van der Waals surface area contributed by atoms with Gasteiger partial charge in [-0.2, -0.15) is 13.2 Å². The summed E-state index contributed by atoms with van der Waals surface area (Å²) in [6, 6.07) is 5.81. The SMILES string of the molecule is CCCS(=O)(=O)Nc1cccc(-c2nc(C3CCOCC3)sc2-c2ccnc(NCC(O)C(F)(F)F)n2)c1F. The number of nitrogens with zero attached hydrogens (tertiary/aromatic N) is 3. The number of ether oxygens (including phenoxy) is 1. The lowest BCUT2D eigenvalue weighted by atomic mass is 10.0. The number of nitrogens with one attached hydrogen (secondary N) is 2. The second-order valence-corrected chi connectivity index (χ2v) is 11.8. The highest BCUT2D eigenvalue weighted by Crippen LogP contribution is 2.42. The third kappa shape index (κ3) is 7.21. The van der Waals surface area contributed by atoms with Crippen LogP contribution in [-0.4, -0.2) is 66.3 Å². The molecule has 0 spiro atoms. The van der Waals surface area contributed by atoms with Gasteiger partial charge in [-0.3, -0.25) is 4.72 Å². The topological polar surface area (TPSA) is 126 Å². The largest absolute Gasteiger partial charge is 0.416 e. The van der Waals surface area contributed by atoms with Crippen LogP contribution in [-0.2, 0) is 14.8 Å². The van der Waals surface area contributed by atoms with Gasteiger partial charge < -0.3 is 15.2 Å². The molecule has 39 heavy (non-hydrogen) atoms. The van der Waals surface area contributed by atoms with Gasteiger partial charge in [-0.1, -0.05) is 13.0 Å². The van der Waals surface area contributed by atoms with E-state index in [1.54, 1.807) is 6.92 Å². The van der Waals surface area contributed by atoms with Crippen LogP contribution < -0.4 is 10.0 Å². The molecule has 0 aliphatic carbocycles. The molecule has 1 aromatic carbocycles. The molecule has 3 aromatic rings. The van der Waals surface area contributed by atoms with Crippen LogP contribution in [0.25, 0.3) is 21.8 Å². The molecule has 9 nitrogen and oxygen atoms in total. The third-order valence-electron chi connectivity index (χ3n) is 5.93. The fraction of sp³-hybridized carbons (Fsp3) is 0.458. The number of benzene rings is 1. The predicted molar refractivity (Wildman–Crippen MR) is 140 cm³/mol. The quantitative estimate of drug-likeness (QED) is 0.288. The highest BCUT2D eigenvalue weighted by Gasteiger charge is 2.38. The summed E-state index contributed by atoms with van der Waals surface area (Å²) >= 11 is 1.27. The van der Waals surface area contributed by atoms with Gasteiger partial charge in [0.15, 0.2) is 11.9 Å². The molecule has 1 unspecified atom stereocenters. The van der Waals surface area contributed by atoms with Crippen LogP contribution in [0.2, 0.25) is 0 Å². The van der Waals surface area contributed by atoms with Crippen molar-refractivity contribution in [2.45, 2.75) is 44.4 Å². The lowest BCUT2D eigenvalue weighted by Crippen LogP contribution is -2.35. The molecule has 1 aliphatic rings. The molecule has 4 rings (SSSR count). The maximum absolute atomic E-state index is 15.7. The van der Waals surface area contributed by atoms with E-state index in [4.69, 9.17) is 9.72 Å². The van der Waals surface area contributed by atoms with Crippen molar-refractivity contribution in [3.8, 4) is 21.8 Å². The molecule has 1 saturated heterocycles. The van der Waals surface area contributed by atoms with Crippen LogP contribution >= 0.6 is 11.3 Å². The Hall–Kier alpha value is -2.88. The molecular formula is C24H27F4N5O4S2. The summed E-state index contributed by atoms with van der Waals surface area (Å²) < 4.78 is 86.1. The van der Waals surface area contributed by atoms with Gasteiger partial charge in [-0.25, -0.2) is 27.8 Å². The van der Waals surface area contributed by atoms with Crippen molar-refractivity contribution in [2.75, 3.05) is 35.6 Å². The fourth-order valence-corrected chi connectivity index (χ4v) is 6.32. The maximum Gasteiger partial charge on any atom is 0.416 e. The van der Waals surface area contributed by atoms with Gasteiger partial charge >= 0.3 is 6.18 Å². The molecule has 1 aliphatic heterocycles. The van der Waals surface area contributed by atoms with Crippen molar-refractivity contribution >= 4 is 33.0 Å². The molecular weight excluding hydrogens is 562 g/mol. The van der Waals surface area contributed by atoms with Crippen LogP contribution in [0.4, 0.5) is 29.2 Å². The van der Waals surface area contributed by atoms with Gasteiger partial charge in [-0.05, 0) is 37.5 Å². The lowest BCUT2D eigenvalue weighted by molar-refractivity contribution is -0.198. The molecule has 15 heteroatoms. The first-order valence-corrected chi connectivity index (χ1v) is 14.6. The zero-order chi connectivity index (χ0) is 28.2. The number of alkyl halides is 3. The first kappa shape index (κ1) is 29.1. The highest BCUT2D eigenvalue weighted by molar-refractivity contribution is 7.92. The van der Waals surface area contributed by atoms with Crippen molar-refractivity contribution < 1.29 is 35.8 Å². The smallest absolute Gasteiger partial charge is 0.382 e. The molecule has 0 radical (unpaired) electrons. The zero-order valence-corrected chi connectivity index (χ0v) is 22.5. The van der Waals surface area contributed by atoms with Gasteiger partial charge in [0.1, 0.15) is 0 Å². The van der Waals surface area contributed by atoms with E-state index in [0.717, 1.165) is 0 Å². The van der Waals surface area contributed by atoms with E-state index in [-0.39, 0.29) is 40.3 Å².